The summed E-state index contributed by atoms with van der Waals surface area (Å²) in [6, 6.07) is 6.50. The summed E-state index contributed by atoms with van der Waals surface area (Å²) in [5, 5.41) is 21.0. The highest BCUT2D eigenvalue weighted by molar-refractivity contribution is 8.26. The average Bonchev–Trinajstić information content (AvgIpc) is 3.33. The lowest BCUT2D eigenvalue weighted by Gasteiger charge is -2.22. The van der Waals surface area contributed by atoms with Gasteiger partial charge in [0.15, 0.2) is 0 Å². The monoisotopic (exact) mass is 476 g/mol. The number of rotatable bonds is 9. The van der Waals surface area contributed by atoms with Crippen LogP contribution in [0.4, 0.5) is 5.69 Å². The summed E-state index contributed by atoms with van der Waals surface area (Å²) < 4.78 is 10.9. The second kappa shape index (κ2) is 9.96. The number of unbranched alkanes of at least 4 members (excludes halogenated alkanes) is 1. The molecule has 1 atom stereocenters. The normalized spacial score (nSPS) is 15.9. The van der Waals surface area contributed by atoms with Crippen LogP contribution in [-0.2, 0) is 9.59 Å². The molecule has 168 valence electrons. The molecule has 1 unspecified atom stereocenters. The summed E-state index contributed by atoms with van der Waals surface area (Å²) in [5.74, 6) is -0.745. The predicted molar refractivity (Wildman–Crippen MR) is 123 cm³/mol. The lowest BCUT2D eigenvalue weighted by Crippen LogP contribution is -2.43. The molecule has 1 fully saturated rings. The van der Waals surface area contributed by atoms with Crippen LogP contribution in [0.2, 0.25) is 0 Å². The quantitative estimate of drug-likeness (QED) is 0.237. The van der Waals surface area contributed by atoms with Crippen LogP contribution in [0, 0.1) is 10.1 Å². The number of nitrogens with zero attached hydrogens (tertiary/aromatic N) is 2. The first kappa shape index (κ1) is 23.5. The molecule has 0 saturated carbocycles. The molecule has 0 aliphatic carbocycles. The molecule has 2 aromatic rings. The molecule has 11 heteroatoms. The fourth-order valence-corrected chi connectivity index (χ4v) is 4.55. The van der Waals surface area contributed by atoms with Gasteiger partial charge in [0, 0.05) is 6.08 Å². The van der Waals surface area contributed by atoms with Crippen LogP contribution in [0.15, 0.2) is 39.7 Å². The Morgan fingerprint density at radius 3 is 2.78 bits per heavy atom. The number of carbonyl (C=O) groups excluding carboxylic acids is 1. The molecular formula is C21H20N2O7S2. The Balaban J connectivity index is 1.89. The van der Waals surface area contributed by atoms with E-state index in [0.717, 1.165) is 23.1 Å². The number of amides is 1. The van der Waals surface area contributed by atoms with Gasteiger partial charge in [0.05, 0.1) is 28.6 Å². The minimum Gasteiger partial charge on any atom is -0.497 e. The van der Waals surface area contributed by atoms with E-state index in [1.165, 1.54) is 25.3 Å². The Hall–Kier alpha value is -3.18. The number of hydrogen-bond acceptors (Lipinski definition) is 8. The fourth-order valence-electron chi connectivity index (χ4n) is 3.21. The SMILES string of the molecule is CCCCC(C(=O)O)N1C(=O)/C(=C\c2ccc(-c3ccc(OC)cc3[N+](=O)[O-])o2)SC1=S. The average molecular weight is 477 g/mol. The number of methoxy groups -OCH3 is 1. The zero-order chi connectivity index (χ0) is 23.4. The molecule has 1 N–H and O–H groups in total. The Kier molecular flexibility index (Phi) is 7.31. The van der Waals surface area contributed by atoms with Crippen LogP contribution in [0.25, 0.3) is 17.4 Å². The third-order valence-electron chi connectivity index (χ3n) is 4.82. The summed E-state index contributed by atoms with van der Waals surface area (Å²) in [7, 11) is 1.41. The summed E-state index contributed by atoms with van der Waals surface area (Å²) in [4.78, 5) is 36.8. The number of nitro benzene ring substituents is 1. The molecule has 0 spiro atoms. The van der Waals surface area contributed by atoms with E-state index in [-0.39, 0.29) is 32.0 Å². The number of thiocarbonyl (C=S) groups is 1. The first-order chi connectivity index (χ1) is 15.3. The van der Waals surface area contributed by atoms with Crippen molar-refractivity contribution in [2.75, 3.05) is 7.11 Å². The maximum Gasteiger partial charge on any atom is 0.326 e. The van der Waals surface area contributed by atoms with E-state index >= 15 is 0 Å². The van der Waals surface area contributed by atoms with E-state index in [4.69, 9.17) is 21.4 Å². The number of hydrogen-bond donors (Lipinski definition) is 1. The Morgan fingerprint density at radius 1 is 1.41 bits per heavy atom. The predicted octanol–water partition coefficient (Wildman–Crippen LogP) is 4.71. The van der Waals surface area contributed by atoms with Crippen LogP contribution in [0.3, 0.4) is 0 Å². The van der Waals surface area contributed by atoms with Crippen molar-refractivity contribution in [2.45, 2.75) is 32.2 Å². The van der Waals surface area contributed by atoms with Gasteiger partial charge in [0.25, 0.3) is 11.6 Å². The molecule has 1 saturated heterocycles. The second-order valence-electron chi connectivity index (χ2n) is 6.89. The van der Waals surface area contributed by atoms with Crippen LogP contribution >= 0.6 is 24.0 Å². The Labute approximate surface area is 193 Å². The number of carboxylic acid groups (broad SMARTS) is 1. The number of nitro groups is 1. The van der Waals surface area contributed by atoms with Crippen molar-refractivity contribution < 1.29 is 28.8 Å². The smallest absolute Gasteiger partial charge is 0.326 e. The number of thioether (sulfide) groups is 1. The van der Waals surface area contributed by atoms with Gasteiger partial charge in [-0.1, -0.05) is 43.7 Å². The van der Waals surface area contributed by atoms with Gasteiger partial charge < -0.3 is 14.3 Å². The molecule has 1 aromatic carbocycles. The molecule has 32 heavy (non-hydrogen) atoms. The number of ether oxygens (including phenoxy) is 1. The van der Waals surface area contributed by atoms with Crippen molar-refractivity contribution in [3.8, 4) is 17.1 Å². The van der Waals surface area contributed by atoms with Crippen molar-refractivity contribution in [2.24, 2.45) is 0 Å². The van der Waals surface area contributed by atoms with Gasteiger partial charge in [-0.25, -0.2) is 4.79 Å². The molecule has 0 radical (unpaired) electrons. The molecule has 0 bridgehead atoms. The van der Waals surface area contributed by atoms with Gasteiger partial charge in [0.1, 0.15) is 27.6 Å². The minimum atomic E-state index is -1.11. The van der Waals surface area contributed by atoms with Gasteiger partial charge in [-0.05, 0) is 30.7 Å². The maximum atomic E-state index is 12.9. The van der Waals surface area contributed by atoms with Crippen LogP contribution < -0.4 is 4.74 Å². The second-order valence-corrected chi connectivity index (χ2v) is 8.57. The van der Waals surface area contributed by atoms with E-state index in [1.807, 2.05) is 6.92 Å². The standard InChI is InChI=1S/C21H20N2O7S2/c1-3-4-5-15(20(25)26)22-19(24)18(32-21(22)31)11-13-7-9-17(30-13)14-8-6-12(29-2)10-16(14)23(27)28/h6-11,15H,3-5H2,1-2H3,(H,25,26)/b18-11+. The molecular weight excluding hydrogens is 456 g/mol. The summed E-state index contributed by atoms with van der Waals surface area (Å²) in [6.07, 6.45) is 3.20. The summed E-state index contributed by atoms with van der Waals surface area (Å²) in [6.45, 7) is 1.94. The first-order valence-electron chi connectivity index (χ1n) is 9.69. The van der Waals surface area contributed by atoms with Gasteiger partial charge in [-0.2, -0.15) is 0 Å². The number of benzene rings is 1. The Bertz CT molecular complexity index is 1110. The highest BCUT2D eigenvalue weighted by Crippen LogP contribution is 2.37. The summed E-state index contributed by atoms with van der Waals surface area (Å²) >= 11 is 6.25. The topological polar surface area (TPSA) is 123 Å². The zero-order valence-electron chi connectivity index (χ0n) is 17.3. The number of carboxylic acids is 1. The molecule has 1 aliphatic rings. The molecule has 1 amide bonds. The molecule has 3 rings (SSSR count). The van der Waals surface area contributed by atoms with E-state index in [2.05, 4.69) is 0 Å². The maximum absolute atomic E-state index is 12.9. The van der Waals surface area contributed by atoms with E-state index in [1.54, 1.807) is 18.2 Å². The first-order valence-corrected chi connectivity index (χ1v) is 10.9. The van der Waals surface area contributed by atoms with Gasteiger partial charge in [0.2, 0.25) is 0 Å². The highest BCUT2D eigenvalue weighted by atomic mass is 32.2. The van der Waals surface area contributed by atoms with Gasteiger partial charge in [-0.3, -0.25) is 19.8 Å². The van der Waals surface area contributed by atoms with Crippen molar-refractivity contribution in [1.82, 2.24) is 4.90 Å². The zero-order valence-corrected chi connectivity index (χ0v) is 18.9. The van der Waals surface area contributed by atoms with Crippen LogP contribution in [0.5, 0.6) is 5.75 Å². The third kappa shape index (κ3) is 4.83. The van der Waals surface area contributed by atoms with Crippen molar-refractivity contribution in [3.63, 3.8) is 0 Å². The number of aliphatic carboxylic acids is 1. The lowest BCUT2D eigenvalue weighted by atomic mass is 10.1. The Morgan fingerprint density at radius 2 is 2.16 bits per heavy atom. The van der Waals surface area contributed by atoms with E-state index in [0.29, 0.717) is 18.6 Å². The van der Waals surface area contributed by atoms with Crippen molar-refractivity contribution in [1.29, 1.82) is 0 Å². The molecule has 2 heterocycles. The van der Waals surface area contributed by atoms with Crippen LogP contribution in [0.1, 0.15) is 31.9 Å². The number of carbonyl (C=O) groups is 2. The molecule has 9 nitrogen and oxygen atoms in total. The number of furan rings is 1. The van der Waals surface area contributed by atoms with E-state index < -0.39 is 22.8 Å². The van der Waals surface area contributed by atoms with Crippen molar-refractivity contribution >= 4 is 51.9 Å². The van der Waals surface area contributed by atoms with Gasteiger partial charge >= 0.3 is 5.97 Å². The largest absolute Gasteiger partial charge is 0.497 e. The summed E-state index contributed by atoms with van der Waals surface area (Å²) in [5.41, 5.74) is 0.0744. The third-order valence-corrected chi connectivity index (χ3v) is 6.15. The van der Waals surface area contributed by atoms with Crippen LogP contribution in [-0.4, -0.2) is 44.3 Å². The molecule has 1 aromatic heterocycles. The van der Waals surface area contributed by atoms with Crippen molar-refractivity contribution in [3.05, 3.63) is 51.1 Å². The minimum absolute atomic E-state index is 0.169. The molecule has 1 aliphatic heterocycles. The lowest BCUT2D eigenvalue weighted by molar-refractivity contribution is -0.384. The van der Waals surface area contributed by atoms with E-state index in [9.17, 15) is 24.8 Å². The van der Waals surface area contributed by atoms with Gasteiger partial charge in [-0.15, -0.1) is 0 Å². The fraction of sp³-hybridized carbons (Fsp3) is 0.286. The highest BCUT2D eigenvalue weighted by Gasteiger charge is 2.40.